The summed E-state index contributed by atoms with van der Waals surface area (Å²) in [5, 5.41) is 20.3. The van der Waals surface area contributed by atoms with Crippen molar-refractivity contribution in [1.29, 1.82) is 0 Å². The summed E-state index contributed by atoms with van der Waals surface area (Å²) in [5.74, 6) is -0.591. The lowest BCUT2D eigenvalue weighted by atomic mass is 10.2. The molecule has 0 amide bonds. The van der Waals surface area contributed by atoms with Gasteiger partial charge in [0.1, 0.15) is 22.7 Å². The fourth-order valence-corrected chi connectivity index (χ4v) is 5.58. The zero-order valence-electron chi connectivity index (χ0n) is 17.8. The third kappa shape index (κ3) is 4.81. The number of carboxylic acid groups (broad SMARTS) is 2. The number of methoxy groups -OCH3 is 2. The average molecular weight is 486 g/mol. The van der Waals surface area contributed by atoms with E-state index in [4.69, 9.17) is 9.47 Å². The predicted molar refractivity (Wildman–Crippen MR) is 127 cm³/mol. The number of nitrogens with zero attached hydrogens (tertiary/aromatic N) is 2. The van der Waals surface area contributed by atoms with Crippen molar-refractivity contribution in [1.82, 2.24) is 0 Å². The molecule has 2 aromatic carbocycles. The van der Waals surface area contributed by atoms with Gasteiger partial charge in [0.25, 0.3) is 5.01 Å². The number of rotatable bonds is 8. The van der Waals surface area contributed by atoms with E-state index in [1.165, 1.54) is 23.1 Å². The lowest BCUT2D eigenvalue weighted by Crippen LogP contribution is -2.39. The van der Waals surface area contributed by atoms with Gasteiger partial charge in [-0.05, 0) is 30.3 Å². The molecule has 0 radical (unpaired) electrons. The number of benzene rings is 2. The molecular weight excluding hydrogens is 464 g/mol. The Morgan fingerprint density at radius 1 is 1.06 bits per heavy atom. The van der Waals surface area contributed by atoms with E-state index in [2.05, 4.69) is 0 Å². The number of aliphatic carboxylic acids is 2. The quantitative estimate of drug-likeness (QED) is 0.464. The van der Waals surface area contributed by atoms with Crippen LogP contribution in [0.3, 0.4) is 0 Å². The first kappa shape index (κ1) is 22.7. The molecule has 8 nitrogen and oxygen atoms in total. The van der Waals surface area contributed by atoms with Crippen molar-refractivity contribution in [3.63, 3.8) is 0 Å². The average Bonchev–Trinajstić information content (AvgIpc) is 3.30. The van der Waals surface area contributed by atoms with Crippen LogP contribution in [-0.2, 0) is 16.1 Å². The monoisotopic (exact) mass is 485 g/mol. The minimum absolute atomic E-state index is 0.186. The van der Waals surface area contributed by atoms with Crippen molar-refractivity contribution in [2.75, 3.05) is 25.7 Å². The molecule has 10 heteroatoms. The van der Waals surface area contributed by atoms with Gasteiger partial charge in [-0.2, -0.15) is 4.57 Å². The Kier molecular flexibility index (Phi) is 6.57. The van der Waals surface area contributed by atoms with Gasteiger partial charge >= 0.3 is 11.9 Å². The van der Waals surface area contributed by atoms with Crippen molar-refractivity contribution in [3.8, 4) is 11.5 Å². The van der Waals surface area contributed by atoms with E-state index in [1.807, 2.05) is 48.6 Å². The molecule has 0 fully saturated rings. The molecule has 0 atom stereocenters. The van der Waals surface area contributed by atoms with E-state index in [-0.39, 0.29) is 13.1 Å². The number of carbonyl (C=O) groups is 2. The Labute approximate surface area is 198 Å². The third-order valence-corrected chi connectivity index (χ3v) is 7.20. The third-order valence-electron chi connectivity index (χ3n) is 4.94. The SMILES string of the molecule is COc1ccc2c(c1)N(CC(=O)O)C(=CC=Cc1sc3ccc(OC)cc3[n+]1CC(=O)O)S2. The maximum absolute atomic E-state index is 11.5. The van der Waals surface area contributed by atoms with Gasteiger partial charge in [0.15, 0.2) is 0 Å². The second-order valence-electron chi connectivity index (χ2n) is 7.03. The number of thiazole rings is 1. The topological polar surface area (TPSA) is 100 Å². The maximum Gasteiger partial charge on any atom is 0.370 e. The molecule has 0 aliphatic carbocycles. The van der Waals surface area contributed by atoms with Crippen LogP contribution in [0.1, 0.15) is 5.01 Å². The van der Waals surface area contributed by atoms with Gasteiger partial charge in [-0.3, -0.25) is 4.79 Å². The first-order valence-corrected chi connectivity index (χ1v) is 11.5. The zero-order valence-corrected chi connectivity index (χ0v) is 19.5. The van der Waals surface area contributed by atoms with Crippen LogP contribution in [-0.4, -0.2) is 42.9 Å². The van der Waals surface area contributed by atoms with E-state index >= 15 is 0 Å². The molecule has 0 spiro atoms. The number of aromatic nitrogens is 1. The predicted octanol–water partition coefficient (Wildman–Crippen LogP) is 3.84. The summed E-state index contributed by atoms with van der Waals surface area (Å²) < 4.78 is 13.2. The van der Waals surface area contributed by atoms with Crippen LogP contribution in [0.25, 0.3) is 16.3 Å². The molecule has 3 aromatic rings. The normalized spacial score (nSPS) is 14.2. The highest BCUT2D eigenvalue weighted by molar-refractivity contribution is 8.03. The minimum atomic E-state index is -0.945. The number of thioether (sulfide) groups is 1. The fourth-order valence-electron chi connectivity index (χ4n) is 3.47. The standard InChI is InChI=1S/C23H20N2O6S2/c1-30-14-6-8-18-16(10-14)24(12-22(26)27)20(32-18)4-3-5-21-25(13-23(28)29)17-11-15(31-2)7-9-19(17)33-21/h3-11H,12-13H2,1-2H3,(H-,26,27,28,29)/p+1. The molecule has 2 heterocycles. The smallest absolute Gasteiger partial charge is 0.370 e. The largest absolute Gasteiger partial charge is 0.497 e. The summed E-state index contributed by atoms with van der Waals surface area (Å²) in [6, 6.07) is 11.1. The first-order chi connectivity index (χ1) is 15.9. The highest BCUT2D eigenvalue weighted by Crippen LogP contribution is 2.47. The molecule has 4 rings (SSSR count). The molecule has 1 aliphatic rings. The summed E-state index contributed by atoms with van der Waals surface area (Å²) in [7, 11) is 3.13. The van der Waals surface area contributed by atoms with Gasteiger partial charge in [-0.1, -0.05) is 29.2 Å². The lowest BCUT2D eigenvalue weighted by molar-refractivity contribution is -0.657. The van der Waals surface area contributed by atoms with Gasteiger partial charge in [0.05, 0.1) is 31.0 Å². The molecule has 0 unspecified atom stereocenters. The number of anilines is 1. The lowest BCUT2D eigenvalue weighted by Gasteiger charge is -2.18. The molecule has 0 bridgehead atoms. The highest BCUT2D eigenvalue weighted by Gasteiger charge is 2.27. The van der Waals surface area contributed by atoms with Gasteiger partial charge in [0.2, 0.25) is 12.1 Å². The first-order valence-electron chi connectivity index (χ1n) is 9.85. The van der Waals surface area contributed by atoms with E-state index in [1.54, 1.807) is 29.8 Å². The minimum Gasteiger partial charge on any atom is -0.497 e. The Morgan fingerprint density at radius 3 is 2.48 bits per heavy atom. The van der Waals surface area contributed by atoms with Crippen LogP contribution in [0.15, 0.2) is 58.5 Å². The highest BCUT2D eigenvalue weighted by atomic mass is 32.2. The van der Waals surface area contributed by atoms with Crippen molar-refractivity contribution in [2.24, 2.45) is 0 Å². The Morgan fingerprint density at radius 2 is 1.79 bits per heavy atom. The second-order valence-corrected chi connectivity index (χ2v) is 9.16. The van der Waals surface area contributed by atoms with Crippen molar-refractivity contribution in [3.05, 3.63) is 58.6 Å². The van der Waals surface area contributed by atoms with E-state index in [0.717, 1.165) is 30.8 Å². The van der Waals surface area contributed by atoms with Crippen LogP contribution in [0.2, 0.25) is 0 Å². The molecular formula is C23H21N2O6S2+. The molecule has 1 aliphatic heterocycles. The number of carboxylic acids is 2. The number of hydrogen-bond donors (Lipinski definition) is 2. The Hall–Kier alpha value is -3.50. The molecule has 0 saturated carbocycles. The maximum atomic E-state index is 11.5. The summed E-state index contributed by atoms with van der Waals surface area (Å²) in [4.78, 5) is 25.6. The fraction of sp³-hybridized carbons (Fsp3) is 0.174. The molecule has 0 saturated heterocycles. The Bertz CT molecular complexity index is 1300. The second kappa shape index (κ2) is 9.55. The molecule has 2 N–H and O–H groups in total. The van der Waals surface area contributed by atoms with Gasteiger partial charge in [-0.15, -0.1) is 0 Å². The molecule has 33 heavy (non-hydrogen) atoms. The summed E-state index contributed by atoms with van der Waals surface area (Å²) >= 11 is 2.94. The van der Waals surface area contributed by atoms with Crippen LogP contribution < -0.4 is 18.9 Å². The van der Waals surface area contributed by atoms with Crippen LogP contribution in [0, 0.1) is 0 Å². The summed E-state index contributed by atoms with van der Waals surface area (Å²) in [6.45, 7) is -0.372. The zero-order chi connectivity index (χ0) is 23.5. The number of fused-ring (bicyclic) bond motifs is 2. The van der Waals surface area contributed by atoms with E-state index in [9.17, 15) is 19.8 Å². The molecule has 170 valence electrons. The van der Waals surface area contributed by atoms with Gasteiger partial charge in [0, 0.05) is 17.0 Å². The van der Waals surface area contributed by atoms with Crippen LogP contribution in [0.5, 0.6) is 11.5 Å². The number of allylic oxidation sites excluding steroid dienone is 2. The number of ether oxygens (including phenoxy) is 2. The summed E-state index contributed by atoms with van der Waals surface area (Å²) in [6.07, 6.45) is 5.47. The van der Waals surface area contributed by atoms with Gasteiger partial charge in [-0.25, -0.2) is 4.79 Å². The van der Waals surface area contributed by atoms with Gasteiger partial charge < -0.3 is 24.6 Å². The van der Waals surface area contributed by atoms with Crippen molar-refractivity contribution >= 4 is 57.0 Å². The number of hydrogen-bond acceptors (Lipinski definition) is 7. The Balaban J connectivity index is 1.69. The van der Waals surface area contributed by atoms with E-state index < -0.39 is 11.9 Å². The van der Waals surface area contributed by atoms with E-state index in [0.29, 0.717) is 11.5 Å². The molecule has 1 aromatic heterocycles. The van der Waals surface area contributed by atoms with Crippen molar-refractivity contribution in [2.45, 2.75) is 11.4 Å². The summed E-state index contributed by atoms with van der Waals surface area (Å²) in [5.41, 5.74) is 1.55. The van der Waals surface area contributed by atoms with Crippen molar-refractivity contribution < 1.29 is 33.8 Å². The van der Waals surface area contributed by atoms with Crippen LogP contribution >= 0.6 is 23.1 Å². The van der Waals surface area contributed by atoms with Crippen LogP contribution in [0.4, 0.5) is 5.69 Å².